The van der Waals surface area contributed by atoms with Gasteiger partial charge in [0.1, 0.15) is 11.3 Å². The van der Waals surface area contributed by atoms with Crippen LogP contribution < -0.4 is 15.8 Å². The molecule has 220 valence electrons. The lowest BCUT2D eigenvalue weighted by atomic mass is 10.1. The second kappa shape index (κ2) is 15.1. The fourth-order valence-electron chi connectivity index (χ4n) is 3.61. The zero-order chi connectivity index (χ0) is 29.8. The molecule has 0 aliphatic heterocycles. The molecule has 0 bridgehead atoms. The summed E-state index contributed by atoms with van der Waals surface area (Å²) >= 11 is 0. The largest absolute Gasteiger partial charge is 0.395 e. The van der Waals surface area contributed by atoms with Crippen LogP contribution in [0.1, 0.15) is 20.3 Å². The number of hydrogen-bond acceptors (Lipinski definition) is 10. The summed E-state index contributed by atoms with van der Waals surface area (Å²) in [7, 11) is -3.91. The molecule has 3 heterocycles. The summed E-state index contributed by atoms with van der Waals surface area (Å²) in [5, 5.41) is 11.8. The molecule has 1 aromatic carbocycles. The molecule has 0 atom stereocenters. The lowest BCUT2D eigenvalue weighted by Gasteiger charge is -2.12. The molecule has 0 unspecified atom stereocenters. The number of rotatable bonds is 12. The summed E-state index contributed by atoms with van der Waals surface area (Å²) in [5.74, 6) is -0.309. The lowest BCUT2D eigenvalue weighted by molar-refractivity contribution is 0.162. The van der Waals surface area contributed by atoms with Crippen molar-refractivity contribution in [2.45, 2.75) is 20.3 Å². The van der Waals surface area contributed by atoms with Gasteiger partial charge in [-0.2, -0.15) is 0 Å². The number of aromatic nitrogens is 4. The third kappa shape index (κ3) is 8.74. The number of nitrogens with two attached hydrogens (primary N) is 1. The number of hydrogen-bond donors (Lipinski definition) is 4. The molecule has 0 aliphatic carbocycles. The van der Waals surface area contributed by atoms with Crippen molar-refractivity contribution in [3.63, 3.8) is 0 Å². The number of benzene rings is 1. The lowest BCUT2D eigenvalue weighted by Crippen LogP contribution is -2.18. The van der Waals surface area contributed by atoms with E-state index < -0.39 is 28.3 Å². The number of aliphatic hydroxyl groups excluding tert-OH is 1. The van der Waals surface area contributed by atoms with E-state index in [0.717, 1.165) is 13.2 Å². The van der Waals surface area contributed by atoms with Crippen molar-refractivity contribution in [2.75, 3.05) is 54.6 Å². The molecule has 41 heavy (non-hydrogen) atoms. The van der Waals surface area contributed by atoms with E-state index >= 15 is 4.39 Å². The van der Waals surface area contributed by atoms with Gasteiger partial charge in [-0.1, -0.05) is 6.07 Å². The summed E-state index contributed by atoms with van der Waals surface area (Å²) in [6.07, 6.45) is 1.38. The Morgan fingerprint density at radius 1 is 1.05 bits per heavy atom. The minimum absolute atomic E-state index is 0.0208. The van der Waals surface area contributed by atoms with Gasteiger partial charge in [0.05, 0.1) is 35.9 Å². The van der Waals surface area contributed by atoms with Crippen LogP contribution in [0.15, 0.2) is 48.7 Å². The Morgan fingerprint density at radius 2 is 1.83 bits per heavy atom. The van der Waals surface area contributed by atoms with E-state index in [1.165, 1.54) is 18.2 Å². The zero-order valence-corrected chi connectivity index (χ0v) is 23.6. The van der Waals surface area contributed by atoms with Crippen LogP contribution in [0.3, 0.4) is 0 Å². The maximum absolute atomic E-state index is 15.2. The van der Waals surface area contributed by atoms with Crippen LogP contribution in [0.2, 0.25) is 0 Å². The number of pyridine rings is 2. The fourth-order valence-corrected chi connectivity index (χ4v) is 4.69. The number of sulfonamides is 1. The molecule has 3 aromatic heterocycles. The van der Waals surface area contributed by atoms with Crippen molar-refractivity contribution < 1.29 is 27.0 Å². The minimum atomic E-state index is -3.91. The molecule has 14 heteroatoms. The Balaban J connectivity index is 0.000000850. The van der Waals surface area contributed by atoms with Gasteiger partial charge in [0.25, 0.3) is 0 Å². The molecule has 0 radical (unpaired) electrons. The first-order valence-corrected chi connectivity index (χ1v) is 14.6. The Kier molecular flexibility index (Phi) is 11.6. The van der Waals surface area contributed by atoms with Gasteiger partial charge < -0.3 is 20.9 Å². The molecule has 0 saturated carbocycles. The van der Waals surface area contributed by atoms with Crippen molar-refractivity contribution in [1.82, 2.24) is 19.9 Å². The van der Waals surface area contributed by atoms with Crippen LogP contribution in [0, 0.1) is 5.82 Å². The molecule has 0 amide bonds. The Hall–Kier alpha value is -4.01. The third-order valence-corrected chi connectivity index (χ3v) is 6.86. The van der Waals surface area contributed by atoms with Crippen LogP contribution >= 0.6 is 0 Å². The molecule has 11 nitrogen and oxygen atoms in total. The van der Waals surface area contributed by atoms with Gasteiger partial charge >= 0.3 is 0 Å². The summed E-state index contributed by atoms with van der Waals surface area (Å²) in [5.41, 5.74) is 7.41. The van der Waals surface area contributed by atoms with Crippen molar-refractivity contribution in [1.29, 1.82) is 0 Å². The second-order valence-corrected chi connectivity index (χ2v) is 10.3. The zero-order valence-electron chi connectivity index (χ0n) is 22.8. The first-order valence-electron chi connectivity index (χ1n) is 12.9. The van der Waals surface area contributed by atoms with Crippen LogP contribution in [0.5, 0.6) is 0 Å². The highest BCUT2D eigenvalue weighted by Crippen LogP contribution is 2.30. The number of aliphatic hydroxyl groups is 1. The quantitative estimate of drug-likeness (QED) is 0.190. The molecular weight excluding hydrogens is 556 g/mol. The molecule has 5 N–H and O–H groups in total. The molecule has 0 fully saturated rings. The van der Waals surface area contributed by atoms with Gasteiger partial charge in [0.15, 0.2) is 17.5 Å². The Labute approximate surface area is 237 Å². The first-order chi connectivity index (χ1) is 19.7. The van der Waals surface area contributed by atoms with E-state index in [4.69, 9.17) is 15.6 Å². The molecule has 0 spiro atoms. The standard InChI is InChI=1S/C23H23F2N7O3S.C4H10O/c24-9-2-12-36(34,35)32-17-4-1-3-15(20(17)25)16-6-7-18-21(29-16)22(26)31-23(30-18)14-5-8-19(28-13-14)27-10-11-33;1-3-5-4-2/h1,3-8,13,32-33H,2,9-12H2,(H,27,28)(H2,26,30,31);3-4H2,1-2H3. The number of anilines is 3. The van der Waals surface area contributed by atoms with Gasteiger partial charge in [-0.25, -0.2) is 32.7 Å². The first kappa shape index (κ1) is 31.5. The number of fused-ring (bicyclic) bond motifs is 1. The second-order valence-electron chi connectivity index (χ2n) is 8.49. The molecule has 4 rings (SSSR count). The highest BCUT2D eigenvalue weighted by Gasteiger charge is 2.18. The van der Waals surface area contributed by atoms with Crippen LogP contribution in [-0.4, -0.2) is 72.3 Å². The smallest absolute Gasteiger partial charge is 0.232 e. The van der Waals surface area contributed by atoms with Gasteiger partial charge in [0, 0.05) is 37.1 Å². The number of nitrogens with one attached hydrogen (secondary N) is 2. The average molecular weight is 590 g/mol. The molecule has 0 aliphatic rings. The number of alkyl halides is 1. The van der Waals surface area contributed by atoms with E-state index in [1.54, 1.807) is 30.5 Å². The summed E-state index contributed by atoms with van der Waals surface area (Å²) in [4.78, 5) is 17.4. The van der Waals surface area contributed by atoms with Crippen LogP contribution in [0.4, 0.5) is 26.1 Å². The summed E-state index contributed by atoms with van der Waals surface area (Å²) in [6.45, 7) is 5.22. The highest BCUT2D eigenvalue weighted by atomic mass is 32.2. The van der Waals surface area contributed by atoms with Crippen LogP contribution in [-0.2, 0) is 14.8 Å². The topological polar surface area (TPSA) is 165 Å². The SMILES string of the molecule is CCOCC.Nc1nc(-c2ccc(NCCO)nc2)nc2ccc(-c3cccc(NS(=O)(=O)CCCF)c3F)nc12. The number of ether oxygens (including phenoxy) is 1. The molecular formula is C27H33F2N7O4S. The molecule has 4 aromatic rings. The van der Waals surface area contributed by atoms with Gasteiger partial charge in [-0.15, -0.1) is 0 Å². The van der Waals surface area contributed by atoms with Gasteiger partial charge in [-0.3, -0.25) is 9.11 Å². The average Bonchev–Trinajstić information content (AvgIpc) is 2.97. The van der Waals surface area contributed by atoms with Gasteiger partial charge in [-0.05, 0) is 56.7 Å². The highest BCUT2D eigenvalue weighted by molar-refractivity contribution is 7.92. The monoisotopic (exact) mass is 589 g/mol. The Morgan fingerprint density at radius 3 is 2.46 bits per heavy atom. The van der Waals surface area contributed by atoms with Crippen molar-refractivity contribution in [3.8, 4) is 22.6 Å². The number of halogens is 2. The Bertz CT molecular complexity index is 1540. The third-order valence-electron chi connectivity index (χ3n) is 5.50. The van der Waals surface area contributed by atoms with E-state index in [1.807, 2.05) is 13.8 Å². The van der Waals surface area contributed by atoms with Gasteiger partial charge in [0.2, 0.25) is 10.0 Å². The predicted molar refractivity (Wildman–Crippen MR) is 156 cm³/mol. The maximum Gasteiger partial charge on any atom is 0.232 e. The maximum atomic E-state index is 15.2. The predicted octanol–water partition coefficient (Wildman–Crippen LogP) is 4.02. The normalized spacial score (nSPS) is 11.1. The van der Waals surface area contributed by atoms with Crippen molar-refractivity contribution >= 4 is 38.4 Å². The number of nitrogen functional groups attached to an aromatic ring is 1. The summed E-state index contributed by atoms with van der Waals surface area (Å²) in [6, 6.07) is 10.8. The number of nitrogens with zero attached hydrogens (tertiary/aromatic N) is 4. The van der Waals surface area contributed by atoms with Crippen molar-refractivity contribution in [3.05, 3.63) is 54.5 Å². The van der Waals surface area contributed by atoms with Crippen LogP contribution in [0.25, 0.3) is 33.7 Å². The fraction of sp³-hybridized carbons (Fsp3) is 0.333. The minimum Gasteiger partial charge on any atom is -0.395 e. The van der Waals surface area contributed by atoms with E-state index in [9.17, 15) is 12.8 Å². The molecule has 0 saturated heterocycles. The van der Waals surface area contributed by atoms with Crippen molar-refractivity contribution in [2.24, 2.45) is 0 Å². The van der Waals surface area contributed by atoms with E-state index in [-0.39, 0.29) is 41.3 Å². The van der Waals surface area contributed by atoms with E-state index in [0.29, 0.717) is 29.3 Å². The summed E-state index contributed by atoms with van der Waals surface area (Å²) < 4.78 is 58.7. The van der Waals surface area contributed by atoms with E-state index in [2.05, 4.69) is 30.0 Å².